The van der Waals surface area contributed by atoms with Crippen molar-refractivity contribution in [3.8, 4) is 22.5 Å². The van der Waals surface area contributed by atoms with Crippen LogP contribution in [-0.2, 0) is 4.74 Å². The highest BCUT2D eigenvalue weighted by Crippen LogP contribution is 2.35. The number of aliphatic hydroxyl groups excluding tert-OH is 1. The van der Waals surface area contributed by atoms with Gasteiger partial charge in [-0.3, -0.25) is 9.88 Å². The van der Waals surface area contributed by atoms with Crippen molar-refractivity contribution in [1.29, 1.82) is 0 Å². The van der Waals surface area contributed by atoms with Gasteiger partial charge in [-0.05, 0) is 18.2 Å². The summed E-state index contributed by atoms with van der Waals surface area (Å²) in [7, 11) is 0. The molecule has 0 amide bonds. The quantitative estimate of drug-likeness (QED) is 0.408. The van der Waals surface area contributed by atoms with Gasteiger partial charge in [0.2, 0.25) is 0 Å². The number of hydrogen-bond acceptors (Lipinski definition) is 8. The third-order valence-electron chi connectivity index (χ3n) is 5.67. The maximum Gasteiger partial charge on any atom is 0.360 e. The molecule has 4 aromatic rings. The zero-order valence-electron chi connectivity index (χ0n) is 18.2. The monoisotopic (exact) mass is 475 g/mol. The van der Waals surface area contributed by atoms with Crippen LogP contribution in [0.25, 0.3) is 33.4 Å². The molecule has 0 radical (unpaired) electrons. The molecule has 2 aromatic carbocycles. The van der Waals surface area contributed by atoms with Crippen molar-refractivity contribution in [2.45, 2.75) is 6.10 Å². The molecule has 0 unspecified atom stereocenters. The molecule has 0 atom stereocenters. The van der Waals surface area contributed by atoms with E-state index in [0.717, 1.165) is 10.9 Å². The van der Waals surface area contributed by atoms with E-state index in [1.54, 1.807) is 12.3 Å². The number of carbonyl (C=O) groups is 1. The third kappa shape index (κ3) is 4.43. The molecule has 3 N–H and O–H groups in total. The standard InChI is InChI=1S/C25H22ClN5O3/c26-19-12-17(11-16-7-4-8-28-20(16)19)22-21(15-5-2-1-3-6-15)30-24(27)23(29-22)25(33)34-10-9-31-13-18(32)14-31/h1-8,11-12,18,32H,9-10,13-14H2,(H2,27,30). The predicted molar refractivity (Wildman–Crippen MR) is 130 cm³/mol. The van der Waals surface area contributed by atoms with Crippen LogP contribution in [0.15, 0.2) is 60.8 Å². The summed E-state index contributed by atoms with van der Waals surface area (Å²) in [6.07, 6.45) is 1.37. The number of β-amino-alcohol motifs (C(OH)–C–C–N with tert-alkyl or cyclic N) is 1. The highest BCUT2D eigenvalue weighted by Gasteiger charge is 2.25. The average molecular weight is 476 g/mol. The second kappa shape index (κ2) is 9.34. The molecule has 2 aromatic heterocycles. The van der Waals surface area contributed by atoms with Gasteiger partial charge in [0.05, 0.1) is 28.0 Å². The lowest BCUT2D eigenvalue weighted by Crippen LogP contribution is -2.51. The zero-order chi connectivity index (χ0) is 23.7. The molecule has 1 aliphatic heterocycles. The lowest BCUT2D eigenvalue weighted by Gasteiger charge is -2.35. The van der Waals surface area contributed by atoms with Crippen molar-refractivity contribution in [1.82, 2.24) is 19.9 Å². The van der Waals surface area contributed by atoms with Gasteiger partial charge in [-0.2, -0.15) is 0 Å². The summed E-state index contributed by atoms with van der Waals surface area (Å²) < 4.78 is 5.40. The van der Waals surface area contributed by atoms with Gasteiger partial charge < -0.3 is 15.6 Å². The van der Waals surface area contributed by atoms with Crippen molar-refractivity contribution in [2.75, 3.05) is 32.0 Å². The van der Waals surface area contributed by atoms with Crippen LogP contribution in [0.4, 0.5) is 5.82 Å². The highest BCUT2D eigenvalue weighted by molar-refractivity contribution is 6.35. The van der Waals surface area contributed by atoms with Gasteiger partial charge in [0, 0.05) is 42.3 Å². The Kier molecular flexibility index (Phi) is 6.10. The topological polar surface area (TPSA) is 114 Å². The van der Waals surface area contributed by atoms with Crippen molar-refractivity contribution in [3.63, 3.8) is 0 Å². The minimum absolute atomic E-state index is 0.0134. The fraction of sp³-hybridized carbons (Fsp3) is 0.200. The number of fused-ring (bicyclic) bond motifs is 1. The van der Waals surface area contributed by atoms with Crippen LogP contribution >= 0.6 is 11.6 Å². The van der Waals surface area contributed by atoms with Crippen molar-refractivity contribution in [2.24, 2.45) is 0 Å². The number of rotatable bonds is 6. The molecule has 34 heavy (non-hydrogen) atoms. The number of nitrogen functional groups attached to an aromatic ring is 1. The summed E-state index contributed by atoms with van der Waals surface area (Å²) in [6, 6.07) is 16.9. The Morgan fingerprint density at radius 3 is 2.62 bits per heavy atom. The average Bonchev–Trinajstić information content (AvgIpc) is 2.83. The van der Waals surface area contributed by atoms with Gasteiger partial charge in [-0.25, -0.2) is 14.8 Å². The Morgan fingerprint density at radius 1 is 1.09 bits per heavy atom. The molecule has 0 aliphatic carbocycles. The summed E-state index contributed by atoms with van der Waals surface area (Å²) in [5.74, 6) is -0.666. The molecule has 1 saturated heterocycles. The molecule has 0 saturated carbocycles. The molecule has 8 nitrogen and oxygen atoms in total. The van der Waals surface area contributed by atoms with Crippen LogP contribution in [-0.4, -0.2) is 63.3 Å². The van der Waals surface area contributed by atoms with E-state index < -0.39 is 5.97 Å². The van der Waals surface area contributed by atoms with E-state index >= 15 is 0 Å². The smallest absolute Gasteiger partial charge is 0.360 e. The summed E-state index contributed by atoms with van der Waals surface area (Å²) in [6.45, 7) is 1.84. The number of esters is 1. The Bertz CT molecular complexity index is 1360. The van der Waals surface area contributed by atoms with Crippen molar-refractivity contribution in [3.05, 3.63) is 71.5 Å². The summed E-state index contributed by atoms with van der Waals surface area (Å²) in [5, 5.41) is 10.7. The molecule has 3 heterocycles. The number of benzene rings is 2. The molecule has 172 valence electrons. The number of aliphatic hydroxyl groups is 1. The lowest BCUT2D eigenvalue weighted by molar-refractivity contribution is -0.0111. The van der Waals surface area contributed by atoms with Crippen LogP contribution in [0, 0.1) is 0 Å². The van der Waals surface area contributed by atoms with Gasteiger partial charge in [0.25, 0.3) is 0 Å². The summed E-state index contributed by atoms with van der Waals surface area (Å²) in [5.41, 5.74) is 9.26. The first-order chi connectivity index (χ1) is 16.5. The molecular formula is C25H22ClN5O3. The molecule has 1 aliphatic rings. The first kappa shape index (κ1) is 22.2. The predicted octanol–water partition coefficient (Wildman–Crippen LogP) is 3.43. The van der Waals surface area contributed by atoms with Gasteiger partial charge in [-0.15, -0.1) is 0 Å². The maximum atomic E-state index is 12.8. The number of likely N-dealkylation sites (tertiary alicyclic amines) is 1. The first-order valence-corrected chi connectivity index (χ1v) is 11.2. The van der Waals surface area contributed by atoms with Crippen LogP contribution in [0.1, 0.15) is 10.5 Å². The molecule has 1 fully saturated rings. The van der Waals surface area contributed by atoms with E-state index in [4.69, 9.17) is 22.1 Å². The van der Waals surface area contributed by atoms with Crippen LogP contribution in [0.2, 0.25) is 5.02 Å². The minimum atomic E-state index is -0.652. The molecule has 9 heteroatoms. The van der Waals surface area contributed by atoms with Crippen LogP contribution < -0.4 is 5.73 Å². The van der Waals surface area contributed by atoms with E-state index in [-0.39, 0.29) is 24.2 Å². The Hall–Kier alpha value is -3.59. The lowest BCUT2D eigenvalue weighted by atomic mass is 10.0. The van der Waals surface area contributed by atoms with Crippen LogP contribution in [0.3, 0.4) is 0 Å². The van der Waals surface area contributed by atoms with Crippen molar-refractivity contribution < 1.29 is 14.6 Å². The summed E-state index contributed by atoms with van der Waals surface area (Å²) in [4.78, 5) is 28.3. The van der Waals surface area contributed by atoms with Gasteiger partial charge >= 0.3 is 5.97 Å². The zero-order valence-corrected chi connectivity index (χ0v) is 18.9. The summed E-state index contributed by atoms with van der Waals surface area (Å²) >= 11 is 6.52. The molecule has 0 bridgehead atoms. The number of ether oxygens (including phenoxy) is 1. The third-order valence-corrected chi connectivity index (χ3v) is 5.96. The number of aromatic nitrogens is 3. The number of nitrogens with zero attached hydrogens (tertiary/aromatic N) is 4. The fourth-order valence-corrected chi connectivity index (χ4v) is 4.22. The largest absolute Gasteiger partial charge is 0.460 e. The van der Waals surface area contributed by atoms with E-state index in [9.17, 15) is 9.90 Å². The van der Waals surface area contributed by atoms with Gasteiger partial charge in [0.15, 0.2) is 11.5 Å². The molecule has 5 rings (SSSR count). The Morgan fingerprint density at radius 2 is 1.85 bits per heavy atom. The molecular weight excluding hydrogens is 454 g/mol. The van der Waals surface area contributed by atoms with E-state index in [1.807, 2.05) is 53.4 Å². The fourth-order valence-electron chi connectivity index (χ4n) is 3.94. The number of pyridine rings is 1. The number of nitrogens with two attached hydrogens (primary N) is 1. The number of anilines is 1. The van der Waals surface area contributed by atoms with Gasteiger partial charge in [0.1, 0.15) is 6.61 Å². The Labute approximate surface area is 201 Å². The van der Waals surface area contributed by atoms with Crippen molar-refractivity contribution >= 4 is 34.3 Å². The minimum Gasteiger partial charge on any atom is -0.460 e. The van der Waals surface area contributed by atoms with E-state index in [0.29, 0.717) is 47.1 Å². The van der Waals surface area contributed by atoms with Gasteiger partial charge in [-0.1, -0.05) is 48.0 Å². The van der Waals surface area contributed by atoms with E-state index in [1.165, 1.54) is 0 Å². The van der Waals surface area contributed by atoms with Crippen LogP contribution in [0.5, 0.6) is 0 Å². The normalized spacial score (nSPS) is 14.2. The Balaban J connectivity index is 1.54. The number of carbonyl (C=O) groups excluding carboxylic acids is 1. The second-order valence-corrected chi connectivity index (χ2v) is 8.51. The molecule has 0 spiro atoms. The number of hydrogen-bond donors (Lipinski definition) is 2. The highest BCUT2D eigenvalue weighted by atomic mass is 35.5. The second-order valence-electron chi connectivity index (χ2n) is 8.10. The first-order valence-electron chi connectivity index (χ1n) is 10.8. The SMILES string of the molecule is Nc1nc(-c2ccccc2)c(-c2cc(Cl)c3ncccc3c2)nc1C(=O)OCCN1CC(O)C1. The van der Waals surface area contributed by atoms with E-state index in [2.05, 4.69) is 15.0 Å². The maximum absolute atomic E-state index is 12.8. The number of halogens is 1.